The molecule has 1 amide bonds. The third-order valence-corrected chi connectivity index (χ3v) is 3.76. The van der Waals surface area contributed by atoms with Crippen LogP contribution in [0.15, 0.2) is 12.1 Å². The molecule has 0 bridgehead atoms. The average molecular weight is 278 g/mol. The Labute approximate surface area is 119 Å². The minimum absolute atomic E-state index is 0.0237. The third-order valence-electron chi connectivity index (χ3n) is 3.76. The number of rotatable bonds is 3. The Balaban J connectivity index is 2.34. The second kappa shape index (κ2) is 6.13. The summed E-state index contributed by atoms with van der Waals surface area (Å²) < 4.78 is 10.7. The van der Waals surface area contributed by atoms with Crippen LogP contribution in [-0.4, -0.2) is 50.7 Å². The van der Waals surface area contributed by atoms with Gasteiger partial charge in [0.15, 0.2) is 0 Å². The molecule has 1 heterocycles. The van der Waals surface area contributed by atoms with Crippen LogP contribution in [0.2, 0.25) is 0 Å². The van der Waals surface area contributed by atoms with E-state index in [0.717, 1.165) is 25.2 Å². The maximum atomic E-state index is 12.6. The van der Waals surface area contributed by atoms with Gasteiger partial charge >= 0.3 is 0 Å². The van der Waals surface area contributed by atoms with Crippen LogP contribution in [0.5, 0.6) is 11.5 Å². The highest BCUT2D eigenvalue weighted by molar-refractivity contribution is 5.95. The summed E-state index contributed by atoms with van der Waals surface area (Å²) >= 11 is 0. The molecule has 110 valence electrons. The van der Waals surface area contributed by atoms with Crippen molar-refractivity contribution in [3.05, 3.63) is 23.3 Å². The predicted octanol–water partition coefficient (Wildman–Crippen LogP) is 1.45. The highest BCUT2D eigenvalue weighted by Gasteiger charge is 2.25. The molecule has 1 aromatic carbocycles. The lowest BCUT2D eigenvalue weighted by Gasteiger charge is -2.34. The fourth-order valence-electron chi connectivity index (χ4n) is 2.52. The van der Waals surface area contributed by atoms with Gasteiger partial charge in [-0.1, -0.05) is 0 Å². The number of ether oxygens (including phenoxy) is 2. The van der Waals surface area contributed by atoms with E-state index in [4.69, 9.17) is 9.47 Å². The molecule has 1 aromatic rings. The largest absolute Gasteiger partial charge is 0.496 e. The fourth-order valence-corrected chi connectivity index (χ4v) is 2.52. The second-order valence-corrected chi connectivity index (χ2v) is 5.06. The van der Waals surface area contributed by atoms with Crippen molar-refractivity contribution in [3.63, 3.8) is 0 Å². The lowest BCUT2D eigenvalue weighted by Crippen LogP contribution is -2.52. The van der Waals surface area contributed by atoms with Gasteiger partial charge in [0.25, 0.3) is 5.91 Å². The lowest BCUT2D eigenvalue weighted by atomic mass is 10.1. The molecule has 5 nitrogen and oxygen atoms in total. The summed E-state index contributed by atoms with van der Waals surface area (Å²) in [6.45, 7) is 6.34. The summed E-state index contributed by atoms with van der Waals surface area (Å²) in [6.07, 6.45) is 0. The number of hydrogen-bond acceptors (Lipinski definition) is 4. The average Bonchev–Trinajstić information content (AvgIpc) is 2.47. The van der Waals surface area contributed by atoms with E-state index in [2.05, 4.69) is 5.32 Å². The Morgan fingerprint density at radius 3 is 2.40 bits per heavy atom. The van der Waals surface area contributed by atoms with E-state index in [0.29, 0.717) is 17.1 Å². The van der Waals surface area contributed by atoms with Crippen molar-refractivity contribution in [1.29, 1.82) is 0 Å². The van der Waals surface area contributed by atoms with Crippen molar-refractivity contribution in [2.45, 2.75) is 19.9 Å². The summed E-state index contributed by atoms with van der Waals surface area (Å²) in [5, 5.41) is 3.28. The number of hydrogen-bond donors (Lipinski definition) is 1. The van der Waals surface area contributed by atoms with Crippen LogP contribution in [0.3, 0.4) is 0 Å². The van der Waals surface area contributed by atoms with E-state index >= 15 is 0 Å². The normalized spacial score (nSPS) is 18.8. The van der Waals surface area contributed by atoms with Crippen LogP contribution in [0.25, 0.3) is 0 Å². The quantitative estimate of drug-likeness (QED) is 0.909. The van der Waals surface area contributed by atoms with Gasteiger partial charge < -0.3 is 19.7 Å². The number of amides is 1. The molecule has 1 aliphatic rings. The first-order valence-electron chi connectivity index (χ1n) is 6.82. The van der Waals surface area contributed by atoms with Gasteiger partial charge in [0.05, 0.1) is 14.2 Å². The summed E-state index contributed by atoms with van der Waals surface area (Å²) in [4.78, 5) is 14.5. The number of carbonyl (C=O) groups is 1. The third kappa shape index (κ3) is 2.72. The van der Waals surface area contributed by atoms with E-state index in [1.54, 1.807) is 26.4 Å². The fraction of sp³-hybridized carbons (Fsp3) is 0.533. The van der Waals surface area contributed by atoms with Gasteiger partial charge in [-0.25, -0.2) is 0 Å². The summed E-state index contributed by atoms with van der Waals surface area (Å²) in [5.74, 6) is 1.38. The topological polar surface area (TPSA) is 50.8 Å². The first kappa shape index (κ1) is 14.7. The molecule has 5 heteroatoms. The van der Waals surface area contributed by atoms with Crippen LogP contribution in [0.4, 0.5) is 0 Å². The van der Waals surface area contributed by atoms with E-state index in [-0.39, 0.29) is 11.9 Å². The molecule has 1 atom stereocenters. The van der Waals surface area contributed by atoms with E-state index in [9.17, 15) is 4.79 Å². The standard InChI is InChI=1S/C15H22N2O3/c1-10-9-16-5-6-17(10)15(18)12-7-13(19-3)11(2)14(8-12)20-4/h7-8,10,16H,5-6,9H2,1-4H3/t10-/m1/s1. The SMILES string of the molecule is COc1cc(C(=O)N2CCNC[C@H]2C)cc(OC)c1C. The maximum absolute atomic E-state index is 12.6. The van der Waals surface area contributed by atoms with Crippen LogP contribution >= 0.6 is 0 Å². The number of carbonyl (C=O) groups excluding carboxylic acids is 1. The highest BCUT2D eigenvalue weighted by Crippen LogP contribution is 2.30. The Hall–Kier alpha value is -1.75. The van der Waals surface area contributed by atoms with Crippen LogP contribution in [-0.2, 0) is 0 Å². The molecule has 0 aromatic heterocycles. The first-order valence-corrected chi connectivity index (χ1v) is 6.82. The lowest BCUT2D eigenvalue weighted by molar-refractivity contribution is 0.0655. The summed E-state index contributed by atoms with van der Waals surface area (Å²) in [7, 11) is 3.20. The number of nitrogens with zero attached hydrogens (tertiary/aromatic N) is 1. The zero-order chi connectivity index (χ0) is 14.7. The van der Waals surface area contributed by atoms with Crippen LogP contribution in [0.1, 0.15) is 22.8 Å². The predicted molar refractivity (Wildman–Crippen MR) is 77.7 cm³/mol. The van der Waals surface area contributed by atoms with E-state index < -0.39 is 0 Å². The summed E-state index contributed by atoms with van der Waals surface area (Å²) in [6, 6.07) is 3.76. The van der Waals surface area contributed by atoms with Gasteiger partial charge in [-0.15, -0.1) is 0 Å². The molecule has 1 N–H and O–H groups in total. The van der Waals surface area contributed by atoms with Crippen molar-refractivity contribution in [2.75, 3.05) is 33.9 Å². The molecule has 20 heavy (non-hydrogen) atoms. The van der Waals surface area contributed by atoms with Gasteiger partial charge in [-0.05, 0) is 26.0 Å². The van der Waals surface area contributed by atoms with Gasteiger partial charge in [0.1, 0.15) is 11.5 Å². The van der Waals surface area contributed by atoms with Crippen molar-refractivity contribution < 1.29 is 14.3 Å². The highest BCUT2D eigenvalue weighted by atomic mass is 16.5. The molecule has 0 aliphatic carbocycles. The smallest absolute Gasteiger partial charge is 0.254 e. The van der Waals surface area contributed by atoms with Gasteiger partial charge in [0.2, 0.25) is 0 Å². The van der Waals surface area contributed by atoms with Gasteiger partial charge in [0, 0.05) is 36.8 Å². The molecule has 0 radical (unpaired) electrons. The number of nitrogens with one attached hydrogen (secondary N) is 1. The molecule has 0 saturated carbocycles. The molecule has 1 aliphatic heterocycles. The van der Waals surface area contributed by atoms with Gasteiger partial charge in [-0.2, -0.15) is 0 Å². The van der Waals surface area contributed by atoms with Crippen LogP contribution in [0, 0.1) is 6.92 Å². The number of piperazine rings is 1. The van der Waals surface area contributed by atoms with Gasteiger partial charge in [-0.3, -0.25) is 4.79 Å². The molecular weight excluding hydrogens is 256 g/mol. The molecule has 1 saturated heterocycles. The Morgan fingerprint density at radius 1 is 1.30 bits per heavy atom. The first-order chi connectivity index (χ1) is 9.58. The Morgan fingerprint density at radius 2 is 1.90 bits per heavy atom. The molecule has 0 spiro atoms. The molecule has 0 unspecified atom stereocenters. The van der Waals surface area contributed by atoms with Crippen LogP contribution < -0.4 is 14.8 Å². The summed E-state index contributed by atoms with van der Waals surface area (Å²) in [5.41, 5.74) is 1.51. The Kier molecular flexibility index (Phi) is 4.49. The second-order valence-electron chi connectivity index (χ2n) is 5.06. The minimum Gasteiger partial charge on any atom is -0.496 e. The number of benzene rings is 1. The van der Waals surface area contributed by atoms with Crippen molar-refractivity contribution in [2.24, 2.45) is 0 Å². The van der Waals surface area contributed by atoms with Crippen molar-refractivity contribution in [1.82, 2.24) is 10.2 Å². The Bertz CT molecular complexity index is 477. The zero-order valence-corrected chi connectivity index (χ0v) is 12.5. The van der Waals surface area contributed by atoms with Crippen molar-refractivity contribution >= 4 is 5.91 Å². The number of methoxy groups -OCH3 is 2. The minimum atomic E-state index is 0.0237. The molecular formula is C15H22N2O3. The van der Waals surface area contributed by atoms with E-state index in [1.807, 2.05) is 18.7 Å². The zero-order valence-electron chi connectivity index (χ0n) is 12.5. The van der Waals surface area contributed by atoms with Crippen molar-refractivity contribution in [3.8, 4) is 11.5 Å². The van der Waals surface area contributed by atoms with E-state index in [1.165, 1.54) is 0 Å². The monoisotopic (exact) mass is 278 g/mol. The molecule has 1 fully saturated rings. The molecule has 2 rings (SSSR count). The maximum Gasteiger partial charge on any atom is 0.254 e.